The van der Waals surface area contributed by atoms with Crippen molar-refractivity contribution in [1.82, 2.24) is 52.8 Å². The van der Waals surface area contributed by atoms with Gasteiger partial charge < -0.3 is 70.0 Å². The molecule has 0 bridgehead atoms. The number of benzene rings is 4. The average molecular weight is 1270 g/mol. The van der Waals surface area contributed by atoms with Gasteiger partial charge in [-0.15, -0.1) is 0 Å². The van der Waals surface area contributed by atoms with Crippen LogP contribution >= 0.6 is 0 Å². The molecule has 0 aliphatic carbocycles. The van der Waals surface area contributed by atoms with E-state index in [1.807, 2.05) is 13.8 Å². The quantitative estimate of drug-likeness (QED) is 0.0531. The second kappa shape index (κ2) is 35.8. The molecule has 4 aromatic carbocycles. The number of nitrogens with two attached hydrogens (primary N) is 3. The fourth-order valence-corrected chi connectivity index (χ4v) is 11.1. The molecule has 2 saturated heterocycles. The smallest absolute Gasteiger partial charge is 0.246 e. The topological polar surface area (TPSA) is 394 Å². The van der Waals surface area contributed by atoms with Crippen molar-refractivity contribution in [2.75, 3.05) is 13.1 Å². The number of nitrogens with zero attached hydrogens (tertiary/aromatic N) is 1. The molecule has 494 valence electrons. The highest BCUT2D eigenvalue weighted by Gasteiger charge is 2.42. The molecule has 25 nitrogen and oxygen atoms in total. The van der Waals surface area contributed by atoms with Crippen molar-refractivity contribution in [3.05, 3.63) is 144 Å². The van der Waals surface area contributed by atoms with E-state index in [0.717, 1.165) is 0 Å². The van der Waals surface area contributed by atoms with Crippen LogP contribution in [-0.4, -0.2) is 149 Å². The molecule has 15 N–H and O–H groups in total. The van der Waals surface area contributed by atoms with E-state index in [1.165, 1.54) is 4.90 Å². The molecular formula is C67H89N13O12. The zero-order chi connectivity index (χ0) is 66.9. The van der Waals surface area contributed by atoms with Gasteiger partial charge in [0.1, 0.15) is 60.4 Å². The van der Waals surface area contributed by atoms with Crippen molar-refractivity contribution >= 4 is 70.9 Å². The van der Waals surface area contributed by atoms with E-state index >= 15 is 4.79 Å². The summed E-state index contributed by atoms with van der Waals surface area (Å²) in [6, 6.07) is 20.3. The summed E-state index contributed by atoms with van der Waals surface area (Å²) >= 11 is 0. The number of carbonyl (C=O) groups excluding carboxylic acids is 12. The summed E-state index contributed by atoms with van der Waals surface area (Å²) in [4.78, 5) is 174. The van der Waals surface area contributed by atoms with Gasteiger partial charge in [0, 0.05) is 38.6 Å². The Bertz CT molecular complexity index is 3180. The zero-order valence-corrected chi connectivity index (χ0v) is 52.7. The molecule has 12 amide bonds. The van der Waals surface area contributed by atoms with Gasteiger partial charge in [0.05, 0.1) is 6.42 Å². The van der Waals surface area contributed by atoms with Gasteiger partial charge in [-0.25, -0.2) is 0 Å². The van der Waals surface area contributed by atoms with E-state index in [2.05, 4.69) is 47.9 Å². The van der Waals surface area contributed by atoms with Crippen molar-refractivity contribution < 1.29 is 57.5 Å². The van der Waals surface area contributed by atoms with E-state index in [1.54, 1.807) is 135 Å². The third-order valence-corrected chi connectivity index (χ3v) is 16.0. The molecule has 0 aromatic heterocycles. The monoisotopic (exact) mass is 1270 g/mol. The zero-order valence-electron chi connectivity index (χ0n) is 52.7. The Hall–Kier alpha value is -9.52. The van der Waals surface area contributed by atoms with Crippen LogP contribution < -0.4 is 65.1 Å². The predicted molar refractivity (Wildman–Crippen MR) is 342 cm³/mol. The van der Waals surface area contributed by atoms with Crippen molar-refractivity contribution in [3.8, 4) is 0 Å². The molecular weight excluding hydrogens is 1180 g/mol. The average Bonchev–Trinajstić information content (AvgIpc) is 1.62. The Labute approximate surface area is 536 Å². The Balaban J connectivity index is 1.46. The van der Waals surface area contributed by atoms with Crippen LogP contribution in [0.4, 0.5) is 0 Å². The maximum atomic E-state index is 15.2. The second-order valence-electron chi connectivity index (χ2n) is 24.3. The first kappa shape index (κ1) is 71.6. The minimum Gasteiger partial charge on any atom is -0.370 e. The summed E-state index contributed by atoms with van der Waals surface area (Å²) < 4.78 is 0. The number of fused-ring (bicyclic) bond motifs is 1. The first-order chi connectivity index (χ1) is 44.0. The van der Waals surface area contributed by atoms with Gasteiger partial charge in [0.15, 0.2) is 0 Å². The molecule has 0 spiro atoms. The number of rotatable bonds is 20. The molecule has 0 unspecified atom stereocenters. The van der Waals surface area contributed by atoms with E-state index < -0.39 is 156 Å². The second-order valence-corrected chi connectivity index (χ2v) is 24.3. The lowest BCUT2D eigenvalue weighted by Crippen LogP contribution is -2.62. The molecule has 4 aromatic rings. The van der Waals surface area contributed by atoms with Crippen LogP contribution in [-0.2, 0) is 83.2 Å². The first-order valence-corrected chi connectivity index (χ1v) is 31.5. The Morgan fingerprint density at radius 1 is 0.435 bits per heavy atom. The summed E-state index contributed by atoms with van der Waals surface area (Å²) in [6.45, 7) is 7.32. The SMILES string of the molecule is CC(C)C[C@@H]1NC(=O)[C@H](CCCCN)NC(=O)[C@H](C(C)C)NC(=O)[C@H](Cc2ccccc2)NC(=O)[C@H](CCC(N)=O)NC(=O)[C@H](CC(N)=O)NC(=O)[C@@H](Cc2ccccc2)NC(=O)[C@H](Cc2ccccc2)NC(=O)[C@@H]2CCCN2C(=O)[C@@H](Cc2ccccc2)NC1=O. The highest BCUT2D eigenvalue weighted by Crippen LogP contribution is 2.22. The van der Waals surface area contributed by atoms with Crippen LogP contribution in [0.2, 0.25) is 0 Å². The summed E-state index contributed by atoms with van der Waals surface area (Å²) in [5.74, 6) is -11.3. The molecule has 2 aliphatic heterocycles. The summed E-state index contributed by atoms with van der Waals surface area (Å²) in [7, 11) is 0. The number of carbonyl (C=O) groups is 12. The van der Waals surface area contributed by atoms with Crippen LogP contribution in [0.5, 0.6) is 0 Å². The van der Waals surface area contributed by atoms with Crippen LogP contribution in [0.15, 0.2) is 121 Å². The van der Waals surface area contributed by atoms with Gasteiger partial charge in [-0.2, -0.15) is 0 Å². The minimum atomic E-state index is -1.82. The van der Waals surface area contributed by atoms with Crippen molar-refractivity contribution in [3.63, 3.8) is 0 Å². The number of nitrogens with one attached hydrogen (secondary N) is 9. The lowest BCUT2D eigenvalue weighted by atomic mass is 9.98. The molecule has 92 heavy (non-hydrogen) atoms. The molecule has 2 fully saturated rings. The first-order valence-electron chi connectivity index (χ1n) is 31.5. The third-order valence-electron chi connectivity index (χ3n) is 16.0. The molecule has 6 rings (SSSR count). The summed E-state index contributed by atoms with van der Waals surface area (Å²) in [5.41, 5.74) is 19.5. The number of amides is 12. The largest absolute Gasteiger partial charge is 0.370 e. The van der Waals surface area contributed by atoms with Crippen molar-refractivity contribution in [2.45, 2.75) is 172 Å². The van der Waals surface area contributed by atoms with E-state index in [9.17, 15) is 52.7 Å². The lowest BCUT2D eigenvalue weighted by Gasteiger charge is -2.32. The normalized spacial score (nSPS) is 23.9. The number of hydrogen-bond donors (Lipinski definition) is 12. The van der Waals surface area contributed by atoms with Crippen LogP contribution in [0.3, 0.4) is 0 Å². The van der Waals surface area contributed by atoms with E-state index in [-0.39, 0.29) is 64.0 Å². The van der Waals surface area contributed by atoms with Crippen LogP contribution in [0, 0.1) is 11.8 Å². The van der Waals surface area contributed by atoms with E-state index in [4.69, 9.17) is 17.2 Å². The maximum absolute atomic E-state index is 15.2. The highest BCUT2D eigenvalue weighted by atomic mass is 16.2. The molecule has 0 saturated carbocycles. The van der Waals surface area contributed by atoms with Gasteiger partial charge in [-0.3, -0.25) is 57.5 Å². The van der Waals surface area contributed by atoms with E-state index in [0.29, 0.717) is 41.5 Å². The molecule has 10 atom stereocenters. The summed E-state index contributed by atoms with van der Waals surface area (Å²) in [5, 5.41) is 24.5. The van der Waals surface area contributed by atoms with Gasteiger partial charge in [0.25, 0.3) is 0 Å². The fourth-order valence-electron chi connectivity index (χ4n) is 11.1. The minimum absolute atomic E-state index is 0.0314. The Morgan fingerprint density at radius 3 is 1.25 bits per heavy atom. The van der Waals surface area contributed by atoms with Gasteiger partial charge >= 0.3 is 0 Å². The van der Waals surface area contributed by atoms with Crippen molar-refractivity contribution in [2.24, 2.45) is 29.0 Å². The van der Waals surface area contributed by atoms with Crippen LogP contribution in [0.1, 0.15) is 108 Å². The molecule has 0 radical (unpaired) electrons. The van der Waals surface area contributed by atoms with Gasteiger partial charge in [-0.1, -0.05) is 149 Å². The fraction of sp³-hybridized carbons (Fsp3) is 0.463. The number of primary amides is 2. The molecule has 2 aliphatic rings. The standard InChI is InChI=1S/C67H89N13O12/c1-40(2)34-48-60(85)78-53(38-45-26-15-8-16-27-45)67(92)80-33-19-29-54(80)65(90)77-50(36-43-22-11-6-12-23-43)62(87)75-49(35-42-20-9-5-10-21-42)61(86)76-52(39-56(70)82)63(88)71-47(30-31-55(69)81)59(84)74-51(37-44-24-13-7-14-25-44)64(89)79-57(41(3)4)66(91)72-46(58(83)73-48)28-17-18-32-68/h5-16,20-27,40-41,46-54,57H,17-19,28-39,68H2,1-4H3,(H2,69,81)(H2,70,82)(H,71,88)(H,72,91)(H,73,83)(H,74,84)(H,75,87)(H,76,86)(H,77,90)(H,78,85)(H,79,89)/t46-,47-,48-,49+,50-,51-,52-,53+,54-,57-/m0/s1. The maximum Gasteiger partial charge on any atom is 0.246 e. The van der Waals surface area contributed by atoms with Gasteiger partial charge in [-0.05, 0) is 85.6 Å². The molecule has 25 heteroatoms. The Kier molecular flexibility index (Phi) is 27.8. The summed E-state index contributed by atoms with van der Waals surface area (Å²) in [6.07, 6.45) is -0.804. The molecule has 2 heterocycles. The Morgan fingerprint density at radius 2 is 0.804 bits per heavy atom. The number of unbranched alkanes of at least 4 members (excludes halogenated alkanes) is 1. The number of hydrogen-bond acceptors (Lipinski definition) is 13. The van der Waals surface area contributed by atoms with Crippen molar-refractivity contribution in [1.29, 1.82) is 0 Å². The predicted octanol–water partition coefficient (Wildman–Crippen LogP) is 0.297. The van der Waals surface area contributed by atoms with Gasteiger partial charge in [0.2, 0.25) is 70.9 Å². The van der Waals surface area contributed by atoms with Crippen LogP contribution in [0.25, 0.3) is 0 Å². The highest BCUT2D eigenvalue weighted by molar-refractivity contribution is 6.00. The lowest BCUT2D eigenvalue weighted by molar-refractivity contribution is -0.142. The third kappa shape index (κ3) is 22.5.